The Hall–Kier alpha value is -1.13. The quantitative estimate of drug-likeness (QED) is 0.923. The van der Waals surface area contributed by atoms with E-state index in [1.165, 1.54) is 6.07 Å². The van der Waals surface area contributed by atoms with Crippen LogP contribution in [0, 0.1) is 0 Å². The van der Waals surface area contributed by atoms with E-state index < -0.39 is 0 Å². The first-order valence-corrected chi connectivity index (χ1v) is 6.33. The maximum absolute atomic E-state index is 11.5. The highest BCUT2D eigenvalue weighted by molar-refractivity contribution is 9.10. The summed E-state index contributed by atoms with van der Waals surface area (Å²) in [7, 11) is 0. The zero-order chi connectivity index (χ0) is 12.4. The van der Waals surface area contributed by atoms with Gasteiger partial charge in [0.1, 0.15) is 5.82 Å². The number of nitrogens with zero attached hydrogens (tertiary/aromatic N) is 1. The SMILES string of the molecule is CCc1cc(=O)[nH]c(-c2ccc(Cl)cc2Br)n1. The minimum atomic E-state index is -0.145. The van der Waals surface area contributed by atoms with Gasteiger partial charge in [0.25, 0.3) is 5.56 Å². The number of rotatable bonds is 2. The zero-order valence-electron chi connectivity index (χ0n) is 9.13. The lowest BCUT2D eigenvalue weighted by Gasteiger charge is -2.05. The average Bonchev–Trinajstić information content (AvgIpc) is 2.28. The van der Waals surface area contributed by atoms with E-state index in [1.54, 1.807) is 12.1 Å². The summed E-state index contributed by atoms with van der Waals surface area (Å²) in [5.41, 5.74) is 1.45. The molecular weight excluding hydrogens is 304 g/mol. The van der Waals surface area contributed by atoms with Crippen molar-refractivity contribution in [3.8, 4) is 11.4 Å². The first-order chi connectivity index (χ1) is 8.10. The molecule has 0 saturated heterocycles. The fraction of sp³-hybridized carbons (Fsp3) is 0.167. The smallest absolute Gasteiger partial charge is 0.251 e. The summed E-state index contributed by atoms with van der Waals surface area (Å²) in [6.45, 7) is 1.96. The standard InChI is InChI=1S/C12H10BrClN2O/c1-2-8-6-11(17)16-12(15-8)9-4-3-7(14)5-10(9)13/h3-6H,2H2,1H3,(H,15,16,17). The highest BCUT2D eigenvalue weighted by Crippen LogP contribution is 2.27. The molecule has 0 aliphatic carbocycles. The molecule has 0 amide bonds. The van der Waals surface area contributed by atoms with Gasteiger partial charge in [0.2, 0.25) is 0 Å². The van der Waals surface area contributed by atoms with Crippen molar-refractivity contribution in [2.75, 3.05) is 0 Å². The van der Waals surface area contributed by atoms with Gasteiger partial charge in [0.15, 0.2) is 0 Å². The Morgan fingerprint density at radius 1 is 1.41 bits per heavy atom. The lowest BCUT2D eigenvalue weighted by atomic mass is 10.2. The lowest BCUT2D eigenvalue weighted by Crippen LogP contribution is -2.10. The van der Waals surface area contributed by atoms with Crippen LogP contribution in [0.15, 0.2) is 33.5 Å². The number of benzene rings is 1. The molecule has 1 aromatic carbocycles. The van der Waals surface area contributed by atoms with Crippen LogP contribution in [0.4, 0.5) is 0 Å². The third-order valence-corrected chi connectivity index (χ3v) is 3.23. The predicted molar refractivity (Wildman–Crippen MR) is 72.4 cm³/mol. The summed E-state index contributed by atoms with van der Waals surface area (Å²) in [6, 6.07) is 6.87. The van der Waals surface area contributed by atoms with Crippen LogP contribution in [0.25, 0.3) is 11.4 Å². The van der Waals surface area contributed by atoms with Crippen molar-refractivity contribution in [3.05, 3.63) is 49.8 Å². The molecule has 1 heterocycles. The molecule has 88 valence electrons. The van der Waals surface area contributed by atoms with Crippen molar-refractivity contribution in [3.63, 3.8) is 0 Å². The number of H-pyrrole nitrogens is 1. The summed E-state index contributed by atoms with van der Waals surface area (Å²) in [5, 5.41) is 0.634. The lowest BCUT2D eigenvalue weighted by molar-refractivity contribution is 0.986. The Kier molecular flexibility index (Phi) is 3.64. The molecule has 0 aliphatic heterocycles. The summed E-state index contributed by atoms with van der Waals surface area (Å²) in [5.74, 6) is 0.554. The fourth-order valence-electron chi connectivity index (χ4n) is 1.50. The minimum Gasteiger partial charge on any atom is -0.306 e. The van der Waals surface area contributed by atoms with E-state index in [2.05, 4.69) is 25.9 Å². The minimum absolute atomic E-state index is 0.145. The Labute approximate surface area is 112 Å². The molecule has 2 rings (SSSR count). The van der Waals surface area contributed by atoms with E-state index in [1.807, 2.05) is 13.0 Å². The third kappa shape index (κ3) is 2.76. The Morgan fingerprint density at radius 2 is 2.18 bits per heavy atom. The number of hydrogen-bond acceptors (Lipinski definition) is 2. The first-order valence-electron chi connectivity index (χ1n) is 5.16. The monoisotopic (exact) mass is 312 g/mol. The van der Waals surface area contributed by atoms with E-state index >= 15 is 0 Å². The summed E-state index contributed by atoms with van der Waals surface area (Å²) in [4.78, 5) is 18.6. The van der Waals surface area contributed by atoms with Crippen molar-refractivity contribution >= 4 is 27.5 Å². The Balaban J connectivity index is 2.60. The molecule has 0 radical (unpaired) electrons. The van der Waals surface area contributed by atoms with Gasteiger partial charge in [-0.2, -0.15) is 0 Å². The predicted octanol–water partition coefficient (Wildman–Crippen LogP) is 3.42. The molecule has 0 unspecified atom stereocenters. The van der Waals surface area contributed by atoms with Crippen LogP contribution < -0.4 is 5.56 Å². The summed E-state index contributed by atoms with van der Waals surface area (Å²) >= 11 is 9.28. The van der Waals surface area contributed by atoms with Crippen LogP contribution in [0.5, 0.6) is 0 Å². The van der Waals surface area contributed by atoms with Crippen molar-refractivity contribution in [2.24, 2.45) is 0 Å². The molecule has 0 spiro atoms. The number of aromatic amines is 1. The molecule has 0 aliphatic rings. The number of aromatic nitrogens is 2. The van der Waals surface area contributed by atoms with Gasteiger partial charge in [-0.3, -0.25) is 4.79 Å². The van der Waals surface area contributed by atoms with E-state index in [4.69, 9.17) is 11.6 Å². The normalized spacial score (nSPS) is 10.5. The Bertz CT molecular complexity index is 610. The molecule has 0 saturated carbocycles. The molecule has 0 atom stereocenters. The second-order valence-corrected chi connectivity index (χ2v) is 4.85. The maximum Gasteiger partial charge on any atom is 0.251 e. The molecule has 2 aromatic rings. The summed E-state index contributed by atoms with van der Waals surface area (Å²) in [6.07, 6.45) is 0.724. The van der Waals surface area contributed by atoms with Crippen LogP contribution in [0.3, 0.4) is 0 Å². The molecule has 17 heavy (non-hydrogen) atoms. The van der Waals surface area contributed by atoms with E-state index in [9.17, 15) is 4.79 Å². The molecule has 3 nitrogen and oxygen atoms in total. The number of halogens is 2. The summed E-state index contributed by atoms with van der Waals surface area (Å²) < 4.78 is 0.807. The largest absolute Gasteiger partial charge is 0.306 e. The first kappa shape index (κ1) is 12.3. The van der Waals surface area contributed by atoms with Crippen LogP contribution in [-0.4, -0.2) is 9.97 Å². The van der Waals surface area contributed by atoms with E-state index in [-0.39, 0.29) is 5.56 Å². The van der Waals surface area contributed by atoms with E-state index in [0.29, 0.717) is 10.8 Å². The van der Waals surface area contributed by atoms with Crippen LogP contribution in [0.1, 0.15) is 12.6 Å². The van der Waals surface area contributed by atoms with Crippen molar-refractivity contribution < 1.29 is 0 Å². The van der Waals surface area contributed by atoms with Gasteiger partial charge < -0.3 is 4.98 Å². The molecule has 0 bridgehead atoms. The number of hydrogen-bond donors (Lipinski definition) is 1. The molecular formula is C12H10BrClN2O. The van der Waals surface area contributed by atoms with Gasteiger partial charge in [-0.15, -0.1) is 0 Å². The van der Waals surface area contributed by atoms with Crippen LogP contribution >= 0.6 is 27.5 Å². The maximum atomic E-state index is 11.5. The van der Waals surface area contributed by atoms with Gasteiger partial charge in [0.05, 0.1) is 0 Å². The van der Waals surface area contributed by atoms with Gasteiger partial charge in [-0.25, -0.2) is 4.98 Å². The van der Waals surface area contributed by atoms with Gasteiger partial charge in [0, 0.05) is 26.8 Å². The molecule has 1 aromatic heterocycles. The van der Waals surface area contributed by atoms with Gasteiger partial charge in [-0.05, 0) is 40.5 Å². The van der Waals surface area contributed by atoms with E-state index in [0.717, 1.165) is 22.2 Å². The fourth-order valence-corrected chi connectivity index (χ4v) is 2.37. The van der Waals surface area contributed by atoms with Crippen molar-refractivity contribution in [1.82, 2.24) is 9.97 Å². The number of aryl methyl sites for hydroxylation is 1. The number of nitrogens with one attached hydrogen (secondary N) is 1. The van der Waals surface area contributed by atoms with Gasteiger partial charge in [-0.1, -0.05) is 18.5 Å². The third-order valence-electron chi connectivity index (χ3n) is 2.34. The zero-order valence-corrected chi connectivity index (χ0v) is 11.5. The second kappa shape index (κ2) is 5.02. The highest BCUT2D eigenvalue weighted by atomic mass is 79.9. The average molecular weight is 314 g/mol. The van der Waals surface area contributed by atoms with Crippen molar-refractivity contribution in [2.45, 2.75) is 13.3 Å². The Morgan fingerprint density at radius 3 is 2.82 bits per heavy atom. The second-order valence-electron chi connectivity index (χ2n) is 3.56. The van der Waals surface area contributed by atoms with Crippen LogP contribution in [0.2, 0.25) is 5.02 Å². The topological polar surface area (TPSA) is 45.8 Å². The molecule has 1 N–H and O–H groups in total. The van der Waals surface area contributed by atoms with Crippen LogP contribution in [-0.2, 0) is 6.42 Å². The highest BCUT2D eigenvalue weighted by Gasteiger charge is 2.07. The molecule has 5 heteroatoms. The molecule has 0 fully saturated rings. The van der Waals surface area contributed by atoms with Gasteiger partial charge >= 0.3 is 0 Å². The van der Waals surface area contributed by atoms with Crippen molar-refractivity contribution in [1.29, 1.82) is 0 Å².